The molecule has 0 spiro atoms. The van der Waals surface area contributed by atoms with Crippen LogP contribution in [0.3, 0.4) is 0 Å². The average Bonchev–Trinajstić information content (AvgIpc) is 2.84. The standard InChI is InChI=1S/C21H40N2O4/c1-4-5-6-11-14-21(2,27)15-16-23-18(19(25)22(3)20(23)26)13-10-8-7-9-12-17-24/h24-25,27H,4-17H2,1-3H3. The van der Waals surface area contributed by atoms with Gasteiger partial charge in [-0.05, 0) is 39.0 Å². The maximum atomic E-state index is 12.5. The molecule has 1 aromatic rings. The first kappa shape index (κ1) is 23.8. The number of hydrogen-bond acceptors (Lipinski definition) is 4. The van der Waals surface area contributed by atoms with E-state index in [0.29, 0.717) is 25.1 Å². The van der Waals surface area contributed by atoms with Crippen molar-refractivity contribution in [3.8, 4) is 5.88 Å². The Morgan fingerprint density at radius 2 is 1.59 bits per heavy atom. The van der Waals surface area contributed by atoms with Gasteiger partial charge in [0.15, 0.2) is 0 Å². The number of aliphatic hydroxyl groups excluding tert-OH is 1. The van der Waals surface area contributed by atoms with Crippen molar-refractivity contribution >= 4 is 0 Å². The number of imidazole rings is 1. The largest absolute Gasteiger partial charge is 0.493 e. The van der Waals surface area contributed by atoms with Crippen molar-refractivity contribution in [1.82, 2.24) is 9.13 Å². The van der Waals surface area contributed by atoms with Gasteiger partial charge in [-0.3, -0.25) is 9.13 Å². The van der Waals surface area contributed by atoms with E-state index < -0.39 is 5.60 Å². The van der Waals surface area contributed by atoms with E-state index in [2.05, 4.69) is 6.92 Å². The molecule has 1 unspecified atom stereocenters. The van der Waals surface area contributed by atoms with Crippen LogP contribution >= 0.6 is 0 Å². The summed E-state index contributed by atoms with van der Waals surface area (Å²) in [5, 5.41) is 29.8. The summed E-state index contributed by atoms with van der Waals surface area (Å²) in [5.41, 5.74) is -0.337. The van der Waals surface area contributed by atoms with E-state index in [1.807, 2.05) is 6.92 Å². The highest BCUT2D eigenvalue weighted by Crippen LogP contribution is 2.23. The van der Waals surface area contributed by atoms with Gasteiger partial charge in [0.25, 0.3) is 0 Å². The van der Waals surface area contributed by atoms with Crippen LogP contribution in [0, 0.1) is 0 Å². The fourth-order valence-corrected chi connectivity index (χ4v) is 3.52. The van der Waals surface area contributed by atoms with Crippen LogP contribution in [0.4, 0.5) is 0 Å². The molecule has 0 fully saturated rings. The van der Waals surface area contributed by atoms with E-state index >= 15 is 0 Å². The van der Waals surface area contributed by atoms with Gasteiger partial charge in [0, 0.05) is 20.2 Å². The third-order valence-corrected chi connectivity index (χ3v) is 5.43. The van der Waals surface area contributed by atoms with Crippen LogP contribution < -0.4 is 5.69 Å². The van der Waals surface area contributed by atoms with Crippen LogP contribution in [0.25, 0.3) is 0 Å². The van der Waals surface area contributed by atoms with Crippen molar-refractivity contribution in [2.24, 2.45) is 7.05 Å². The van der Waals surface area contributed by atoms with E-state index in [1.54, 1.807) is 11.6 Å². The zero-order valence-corrected chi connectivity index (χ0v) is 17.5. The van der Waals surface area contributed by atoms with Gasteiger partial charge in [-0.1, -0.05) is 51.9 Å². The SMILES string of the molecule is CCCCCCC(C)(O)CCn1c(CCCCCCCO)c(O)n(C)c1=O. The second-order valence-corrected chi connectivity index (χ2v) is 8.06. The van der Waals surface area contributed by atoms with Crippen molar-refractivity contribution in [3.63, 3.8) is 0 Å². The first-order valence-corrected chi connectivity index (χ1v) is 10.6. The highest BCUT2D eigenvalue weighted by Gasteiger charge is 2.23. The Morgan fingerprint density at radius 1 is 0.963 bits per heavy atom. The van der Waals surface area contributed by atoms with Gasteiger partial charge in [-0.15, -0.1) is 0 Å². The lowest BCUT2D eigenvalue weighted by Gasteiger charge is -2.23. The summed E-state index contributed by atoms with van der Waals surface area (Å²) >= 11 is 0. The molecule has 1 rings (SSSR count). The molecule has 0 saturated carbocycles. The first-order chi connectivity index (χ1) is 12.8. The zero-order chi connectivity index (χ0) is 20.3. The molecule has 0 aliphatic heterocycles. The molecule has 0 saturated heterocycles. The number of hydrogen-bond donors (Lipinski definition) is 3. The summed E-state index contributed by atoms with van der Waals surface area (Å²) in [6.07, 6.45) is 11.2. The van der Waals surface area contributed by atoms with Crippen LogP contribution in [0.15, 0.2) is 4.79 Å². The molecule has 1 heterocycles. The van der Waals surface area contributed by atoms with Gasteiger partial charge in [0.05, 0.1) is 11.3 Å². The Kier molecular flexibility index (Phi) is 10.8. The molecule has 0 amide bonds. The van der Waals surface area contributed by atoms with Crippen LogP contribution in [0.1, 0.15) is 90.2 Å². The fourth-order valence-electron chi connectivity index (χ4n) is 3.52. The molecule has 1 aromatic heterocycles. The quantitative estimate of drug-likeness (QED) is 0.404. The lowest BCUT2D eigenvalue weighted by Crippen LogP contribution is -2.30. The number of aromatic nitrogens is 2. The lowest BCUT2D eigenvalue weighted by molar-refractivity contribution is 0.0345. The topological polar surface area (TPSA) is 87.6 Å². The molecule has 1 atom stereocenters. The Hall–Kier alpha value is -1.27. The van der Waals surface area contributed by atoms with Crippen molar-refractivity contribution in [2.75, 3.05) is 6.61 Å². The van der Waals surface area contributed by atoms with E-state index in [9.17, 15) is 15.0 Å². The smallest absolute Gasteiger partial charge is 0.331 e. The number of aromatic hydroxyl groups is 1. The minimum Gasteiger partial charge on any atom is -0.493 e. The zero-order valence-electron chi connectivity index (χ0n) is 17.5. The summed E-state index contributed by atoms with van der Waals surface area (Å²) in [4.78, 5) is 12.5. The minimum atomic E-state index is -0.791. The summed E-state index contributed by atoms with van der Waals surface area (Å²) < 4.78 is 2.92. The first-order valence-electron chi connectivity index (χ1n) is 10.6. The molecule has 0 aliphatic rings. The molecule has 0 aliphatic carbocycles. The molecule has 158 valence electrons. The maximum absolute atomic E-state index is 12.5. The van der Waals surface area contributed by atoms with Gasteiger partial charge in [-0.2, -0.15) is 0 Å². The van der Waals surface area contributed by atoms with Crippen LogP contribution in [-0.4, -0.2) is 36.7 Å². The Balaban J connectivity index is 2.63. The average molecular weight is 385 g/mol. The molecule has 3 N–H and O–H groups in total. The normalized spacial score (nSPS) is 13.8. The minimum absolute atomic E-state index is 0.0398. The summed E-state index contributed by atoms with van der Waals surface area (Å²) in [5.74, 6) is 0.0398. The van der Waals surface area contributed by atoms with Crippen molar-refractivity contribution < 1.29 is 15.3 Å². The van der Waals surface area contributed by atoms with Crippen molar-refractivity contribution in [1.29, 1.82) is 0 Å². The van der Waals surface area contributed by atoms with Crippen molar-refractivity contribution in [3.05, 3.63) is 16.2 Å². The third-order valence-electron chi connectivity index (χ3n) is 5.43. The second-order valence-electron chi connectivity index (χ2n) is 8.06. The van der Waals surface area contributed by atoms with Crippen molar-refractivity contribution in [2.45, 2.75) is 103 Å². The highest BCUT2D eigenvalue weighted by atomic mass is 16.3. The van der Waals surface area contributed by atoms with Crippen LogP contribution in [0.2, 0.25) is 0 Å². The van der Waals surface area contributed by atoms with Gasteiger partial charge in [0.2, 0.25) is 5.88 Å². The molecular weight excluding hydrogens is 344 g/mol. The third kappa shape index (κ3) is 8.09. The molecule has 0 aromatic carbocycles. The van der Waals surface area contributed by atoms with Gasteiger partial charge < -0.3 is 15.3 Å². The number of aliphatic hydroxyl groups is 2. The van der Waals surface area contributed by atoms with Gasteiger partial charge in [-0.25, -0.2) is 4.79 Å². The van der Waals surface area contributed by atoms with E-state index in [1.165, 1.54) is 17.4 Å². The lowest BCUT2D eigenvalue weighted by atomic mass is 9.94. The summed E-state index contributed by atoms with van der Waals surface area (Å²) in [6.45, 7) is 4.67. The van der Waals surface area contributed by atoms with E-state index in [0.717, 1.165) is 51.4 Å². The number of rotatable bonds is 15. The highest BCUT2D eigenvalue weighted by molar-refractivity contribution is 5.20. The van der Waals surface area contributed by atoms with E-state index in [4.69, 9.17) is 5.11 Å². The predicted molar refractivity (Wildman–Crippen MR) is 109 cm³/mol. The van der Waals surface area contributed by atoms with E-state index in [-0.39, 0.29) is 18.2 Å². The summed E-state index contributed by atoms with van der Waals surface area (Å²) in [7, 11) is 1.59. The molecule has 6 nitrogen and oxygen atoms in total. The molecule has 0 bridgehead atoms. The Bertz CT molecular complexity index is 590. The second kappa shape index (κ2) is 12.2. The maximum Gasteiger partial charge on any atom is 0.331 e. The summed E-state index contributed by atoms with van der Waals surface area (Å²) in [6, 6.07) is 0. The molecular formula is C21H40N2O4. The molecule has 27 heavy (non-hydrogen) atoms. The molecule has 6 heteroatoms. The monoisotopic (exact) mass is 384 g/mol. The Labute approximate surface area is 163 Å². The van der Waals surface area contributed by atoms with Gasteiger partial charge >= 0.3 is 5.69 Å². The Morgan fingerprint density at radius 3 is 2.26 bits per heavy atom. The fraction of sp³-hybridized carbons (Fsp3) is 0.857. The van der Waals surface area contributed by atoms with Crippen LogP contribution in [0.5, 0.6) is 5.88 Å². The number of unbranched alkanes of at least 4 members (excludes halogenated alkanes) is 7. The predicted octanol–water partition coefficient (Wildman–Crippen LogP) is 3.49. The van der Waals surface area contributed by atoms with Gasteiger partial charge in [0.1, 0.15) is 0 Å². The molecule has 0 radical (unpaired) electrons. The van der Waals surface area contributed by atoms with Crippen LogP contribution in [-0.2, 0) is 20.0 Å². The number of nitrogens with zero attached hydrogens (tertiary/aromatic N) is 2.